The summed E-state index contributed by atoms with van der Waals surface area (Å²) in [6.45, 7) is 0.752. The molecule has 0 aliphatic carbocycles. The van der Waals surface area contributed by atoms with Crippen LogP contribution in [0.15, 0.2) is 54.6 Å². The predicted octanol–water partition coefficient (Wildman–Crippen LogP) is 2.77. The lowest BCUT2D eigenvalue weighted by Gasteiger charge is -2.27. The van der Waals surface area contributed by atoms with Gasteiger partial charge in [-0.3, -0.25) is 14.4 Å². The molecule has 5 atom stereocenters. The van der Waals surface area contributed by atoms with Crippen molar-refractivity contribution in [3.05, 3.63) is 76.6 Å². The van der Waals surface area contributed by atoms with Gasteiger partial charge in [-0.1, -0.05) is 48.0 Å². The molecule has 0 bridgehead atoms. The molecule has 3 amide bonds. The van der Waals surface area contributed by atoms with Crippen LogP contribution >= 0.6 is 11.6 Å². The molecule has 3 N–H and O–H groups in total. The van der Waals surface area contributed by atoms with E-state index in [0.717, 1.165) is 11.6 Å². The SMILES string of the molecule is N#C[C@@H](O)[C@H](C[C@@H]1CCNC1=O)NC(=O)[C@@H]1CC(c2ccccc2)CN1C(=O)/C=C/c1ccc(Cl)cc1F. The summed E-state index contributed by atoms with van der Waals surface area (Å²) in [7, 11) is 0. The summed E-state index contributed by atoms with van der Waals surface area (Å²) in [6, 6.07) is 13.5. The summed E-state index contributed by atoms with van der Waals surface area (Å²) in [5, 5.41) is 25.2. The Morgan fingerprint density at radius 3 is 2.71 bits per heavy atom. The fraction of sp³-hybridized carbons (Fsp3) is 0.357. The van der Waals surface area contributed by atoms with Gasteiger partial charge in [0.05, 0.1) is 12.1 Å². The molecule has 0 radical (unpaired) electrons. The van der Waals surface area contributed by atoms with Gasteiger partial charge in [0.15, 0.2) is 6.10 Å². The molecule has 8 nitrogen and oxygen atoms in total. The van der Waals surface area contributed by atoms with Gasteiger partial charge in [0.2, 0.25) is 17.7 Å². The summed E-state index contributed by atoms with van der Waals surface area (Å²) in [5.74, 6) is -2.33. The van der Waals surface area contributed by atoms with Gasteiger partial charge in [-0.2, -0.15) is 5.26 Å². The van der Waals surface area contributed by atoms with E-state index in [1.165, 1.54) is 29.2 Å². The molecule has 2 aliphatic rings. The second-order valence-corrected chi connectivity index (χ2v) is 9.99. The Morgan fingerprint density at radius 2 is 2.05 bits per heavy atom. The number of hydrogen-bond donors (Lipinski definition) is 3. The van der Waals surface area contributed by atoms with Gasteiger partial charge in [-0.15, -0.1) is 0 Å². The topological polar surface area (TPSA) is 123 Å². The molecule has 2 aromatic rings. The third-order valence-corrected chi connectivity index (χ3v) is 7.30. The molecule has 1 unspecified atom stereocenters. The number of nitrogens with zero attached hydrogens (tertiary/aromatic N) is 2. The maximum atomic E-state index is 14.2. The van der Waals surface area contributed by atoms with E-state index in [2.05, 4.69) is 10.6 Å². The van der Waals surface area contributed by atoms with Crippen LogP contribution in [-0.2, 0) is 14.4 Å². The molecule has 2 saturated heterocycles. The largest absolute Gasteiger partial charge is 0.376 e. The highest BCUT2D eigenvalue weighted by Crippen LogP contribution is 2.32. The molecule has 0 saturated carbocycles. The smallest absolute Gasteiger partial charge is 0.247 e. The van der Waals surface area contributed by atoms with Gasteiger partial charge in [0.25, 0.3) is 0 Å². The zero-order valence-electron chi connectivity index (χ0n) is 20.5. The van der Waals surface area contributed by atoms with Gasteiger partial charge >= 0.3 is 0 Å². The molecule has 0 spiro atoms. The third kappa shape index (κ3) is 6.39. The number of halogens is 2. The number of nitrogens with one attached hydrogen (secondary N) is 2. The van der Waals surface area contributed by atoms with Crippen molar-refractivity contribution in [1.29, 1.82) is 5.26 Å². The Kier molecular flexibility index (Phi) is 8.77. The van der Waals surface area contributed by atoms with Gasteiger partial charge in [-0.05, 0) is 43.0 Å². The number of carbonyl (C=O) groups excluding carboxylic acids is 3. The van der Waals surface area contributed by atoms with Crippen LogP contribution in [0, 0.1) is 23.1 Å². The number of nitriles is 1. The number of likely N-dealkylation sites (tertiary alicyclic amines) is 1. The molecule has 198 valence electrons. The van der Waals surface area contributed by atoms with Crippen LogP contribution in [0.1, 0.15) is 36.3 Å². The third-order valence-electron chi connectivity index (χ3n) is 7.07. The molecular weight excluding hydrogens is 511 g/mol. The van der Waals surface area contributed by atoms with E-state index in [9.17, 15) is 29.1 Å². The van der Waals surface area contributed by atoms with E-state index < -0.39 is 41.7 Å². The predicted molar refractivity (Wildman–Crippen MR) is 139 cm³/mol. The summed E-state index contributed by atoms with van der Waals surface area (Å²) >= 11 is 5.80. The van der Waals surface area contributed by atoms with Crippen molar-refractivity contribution in [2.45, 2.75) is 43.4 Å². The van der Waals surface area contributed by atoms with Crippen LogP contribution in [0.4, 0.5) is 4.39 Å². The van der Waals surface area contributed by atoms with E-state index in [0.29, 0.717) is 19.4 Å². The van der Waals surface area contributed by atoms with Crippen molar-refractivity contribution in [1.82, 2.24) is 15.5 Å². The van der Waals surface area contributed by atoms with Crippen LogP contribution in [0.5, 0.6) is 0 Å². The number of carbonyl (C=O) groups is 3. The highest BCUT2D eigenvalue weighted by molar-refractivity contribution is 6.30. The van der Waals surface area contributed by atoms with Crippen molar-refractivity contribution in [2.24, 2.45) is 5.92 Å². The monoisotopic (exact) mass is 538 g/mol. The Labute approximate surface area is 225 Å². The van der Waals surface area contributed by atoms with Gasteiger partial charge in [0, 0.05) is 41.6 Å². The molecule has 10 heteroatoms. The Bertz CT molecular complexity index is 1270. The fourth-order valence-electron chi connectivity index (χ4n) is 5.00. The number of aliphatic hydroxyl groups is 1. The summed E-state index contributed by atoms with van der Waals surface area (Å²) in [4.78, 5) is 40.2. The number of benzene rings is 2. The fourth-order valence-corrected chi connectivity index (χ4v) is 5.16. The van der Waals surface area contributed by atoms with E-state index >= 15 is 0 Å². The zero-order chi connectivity index (χ0) is 27.2. The van der Waals surface area contributed by atoms with Gasteiger partial charge < -0.3 is 20.6 Å². The van der Waals surface area contributed by atoms with Crippen LogP contribution in [0.2, 0.25) is 5.02 Å². The Hall–Kier alpha value is -3.74. The van der Waals surface area contributed by atoms with Crippen LogP contribution < -0.4 is 10.6 Å². The molecule has 2 heterocycles. The lowest BCUT2D eigenvalue weighted by molar-refractivity contribution is -0.135. The van der Waals surface area contributed by atoms with Gasteiger partial charge in [-0.25, -0.2) is 4.39 Å². The molecule has 4 rings (SSSR count). The summed E-state index contributed by atoms with van der Waals surface area (Å²) in [6.07, 6.45) is 1.99. The van der Waals surface area contributed by atoms with Crippen molar-refractivity contribution in [2.75, 3.05) is 13.1 Å². The lowest BCUT2D eigenvalue weighted by atomic mass is 9.94. The summed E-state index contributed by atoms with van der Waals surface area (Å²) in [5.41, 5.74) is 1.14. The number of rotatable bonds is 8. The summed E-state index contributed by atoms with van der Waals surface area (Å²) < 4.78 is 14.2. The average Bonchev–Trinajstić information content (AvgIpc) is 3.54. The van der Waals surface area contributed by atoms with Crippen LogP contribution in [0.3, 0.4) is 0 Å². The molecule has 2 aromatic carbocycles. The quantitative estimate of drug-likeness (QED) is 0.352. The highest BCUT2D eigenvalue weighted by atomic mass is 35.5. The Morgan fingerprint density at radius 1 is 1.29 bits per heavy atom. The number of hydrogen-bond acceptors (Lipinski definition) is 5. The zero-order valence-corrected chi connectivity index (χ0v) is 21.3. The van der Waals surface area contributed by atoms with Crippen LogP contribution in [0.25, 0.3) is 6.08 Å². The minimum atomic E-state index is -1.52. The molecule has 2 fully saturated rings. The molecular formula is C28H28ClFN4O4. The number of amides is 3. The number of aliphatic hydroxyl groups excluding tert-OH is 1. The highest BCUT2D eigenvalue weighted by Gasteiger charge is 2.41. The second kappa shape index (κ2) is 12.2. The van der Waals surface area contributed by atoms with Crippen LogP contribution in [-0.4, -0.2) is 59.0 Å². The van der Waals surface area contributed by atoms with Gasteiger partial charge in [0.1, 0.15) is 11.9 Å². The molecule has 0 aromatic heterocycles. The minimum absolute atomic E-state index is 0.102. The van der Waals surface area contributed by atoms with E-state index in [1.807, 2.05) is 30.3 Å². The van der Waals surface area contributed by atoms with Crippen molar-refractivity contribution in [3.8, 4) is 6.07 Å². The van der Waals surface area contributed by atoms with Crippen molar-refractivity contribution < 1.29 is 23.9 Å². The standard InChI is InChI=1S/C28H28ClFN4O4/c29-21-8-6-18(22(30)14-21)7-9-26(36)34-16-20(17-4-2-1-3-5-17)13-24(34)28(38)33-23(25(35)15-31)12-19-10-11-32-27(19)37/h1-9,14,19-20,23-25,35H,10-13,16H2,(H,32,37)(H,33,38)/b9-7+/t19-,20?,23-,24-,25+/m0/s1. The van der Waals surface area contributed by atoms with E-state index in [-0.39, 0.29) is 35.4 Å². The Balaban J connectivity index is 1.55. The van der Waals surface area contributed by atoms with E-state index in [4.69, 9.17) is 11.6 Å². The second-order valence-electron chi connectivity index (χ2n) is 9.55. The normalized spacial score (nSPS) is 22.6. The minimum Gasteiger partial charge on any atom is -0.376 e. The first-order valence-corrected chi connectivity index (χ1v) is 12.8. The van der Waals surface area contributed by atoms with Crippen molar-refractivity contribution >= 4 is 35.4 Å². The maximum Gasteiger partial charge on any atom is 0.247 e. The lowest BCUT2D eigenvalue weighted by Crippen LogP contribution is -2.52. The molecule has 2 aliphatic heterocycles. The van der Waals surface area contributed by atoms with E-state index in [1.54, 1.807) is 6.07 Å². The average molecular weight is 539 g/mol. The first-order valence-electron chi connectivity index (χ1n) is 12.4. The first kappa shape index (κ1) is 27.3. The molecule has 38 heavy (non-hydrogen) atoms. The maximum absolute atomic E-state index is 14.2. The van der Waals surface area contributed by atoms with Crippen molar-refractivity contribution in [3.63, 3.8) is 0 Å². The first-order chi connectivity index (χ1) is 18.3.